The number of halogens is 1. The van der Waals surface area contributed by atoms with Gasteiger partial charge in [-0.2, -0.15) is 0 Å². The summed E-state index contributed by atoms with van der Waals surface area (Å²) in [5.41, 5.74) is 1.61. The molecule has 1 N–H and O–H groups in total. The van der Waals surface area contributed by atoms with Crippen LogP contribution in [0.4, 0.5) is 5.69 Å². The minimum absolute atomic E-state index is 0. The Morgan fingerprint density at radius 3 is 2.59 bits per heavy atom. The second-order valence-corrected chi connectivity index (χ2v) is 3.75. The monoisotopic (exact) mass is 256 g/mol. The molecule has 1 fully saturated rings. The Morgan fingerprint density at radius 1 is 1.29 bits per heavy atom. The van der Waals surface area contributed by atoms with Crippen molar-refractivity contribution in [2.24, 2.45) is 0 Å². The summed E-state index contributed by atoms with van der Waals surface area (Å²) in [7, 11) is 1.41. The Hall–Kier alpha value is -1.26. The van der Waals surface area contributed by atoms with Crippen molar-refractivity contribution in [1.29, 1.82) is 0 Å². The van der Waals surface area contributed by atoms with Gasteiger partial charge in [0, 0.05) is 26.2 Å². The fraction of sp³-hybridized carbons (Fsp3) is 0.417. The number of nitrogens with zero attached hydrogens (tertiary/aromatic N) is 1. The van der Waals surface area contributed by atoms with Crippen LogP contribution < -0.4 is 10.2 Å². The molecule has 17 heavy (non-hydrogen) atoms. The van der Waals surface area contributed by atoms with Crippen molar-refractivity contribution in [3.8, 4) is 0 Å². The molecular weight excluding hydrogens is 240 g/mol. The molecule has 0 radical (unpaired) electrons. The second-order valence-electron chi connectivity index (χ2n) is 3.75. The number of hydrogen-bond acceptors (Lipinski definition) is 4. The first-order chi connectivity index (χ1) is 7.83. The number of rotatable bonds is 2. The lowest BCUT2D eigenvalue weighted by Crippen LogP contribution is -2.44. The molecule has 0 bridgehead atoms. The van der Waals surface area contributed by atoms with Crippen molar-refractivity contribution < 1.29 is 9.53 Å². The van der Waals surface area contributed by atoms with Crippen LogP contribution in [0.1, 0.15) is 10.4 Å². The molecular formula is C12H17ClN2O2. The topological polar surface area (TPSA) is 41.6 Å². The predicted octanol–water partition coefficient (Wildman–Crippen LogP) is 1.30. The van der Waals surface area contributed by atoms with Crippen molar-refractivity contribution in [3.63, 3.8) is 0 Å². The van der Waals surface area contributed by atoms with Crippen LogP contribution in [-0.4, -0.2) is 39.3 Å². The molecule has 1 aromatic rings. The normalized spacial score (nSPS) is 15.0. The van der Waals surface area contributed by atoms with Crippen LogP contribution in [0, 0.1) is 0 Å². The summed E-state index contributed by atoms with van der Waals surface area (Å²) in [5, 5.41) is 3.29. The van der Waals surface area contributed by atoms with Crippen LogP contribution in [0.3, 0.4) is 0 Å². The zero-order chi connectivity index (χ0) is 11.4. The van der Waals surface area contributed by atoms with E-state index in [4.69, 9.17) is 4.74 Å². The number of nitrogens with one attached hydrogen (secondary N) is 1. The van der Waals surface area contributed by atoms with Gasteiger partial charge in [-0.25, -0.2) is 4.79 Å². The molecule has 0 spiro atoms. The average Bonchev–Trinajstić information content (AvgIpc) is 2.39. The SMILES string of the molecule is COC(=O)c1ccccc1N1CCNCC1.Cl. The largest absolute Gasteiger partial charge is 0.465 e. The van der Waals surface area contributed by atoms with Crippen LogP contribution in [0.25, 0.3) is 0 Å². The third-order valence-corrected chi connectivity index (χ3v) is 2.77. The molecule has 0 aliphatic carbocycles. The zero-order valence-corrected chi connectivity index (χ0v) is 10.6. The molecule has 2 rings (SSSR count). The maximum Gasteiger partial charge on any atom is 0.339 e. The highest BCUT2D eigenvalue weighted by Gasteiger charge is 2.17. The highest BCUT2D eigenvalue weighted by molar-refractivity contribution is 5.95. The van der Waals surface area contributed by atoms with Gasteiger partial charge in [-0.15, -0.1) is 12.4 Å². The predicted molar refractivity (Wildman–Crippen MR) is 70.1 cm³/mol. The Balaban J connectivity index is 0.00000144. The van der Waals surface area contributed by atoms with E-state index in [9.17, 15) is 4.79 Å². The lowest BCUT2D eigenvalue weighted by atomic mass is 10.1. The third kappa shape index (κ3) is 3.11. The lowest BCUT2D eigenvalue weighted by molar-refractivity contribution is 0.0601. The number of benzene rings is 1. The fourth-order valence-electron chi connectivity index (χ4n) is 1.94. The van der Waals surface area contributed by atoms with Gasteiger partial charge in [0.15, 0.2) is 0 Å². The average molecular weight is 257 g/mol. The van der Waals surface area contributed by atoms with Gasteiger partial charge in [0.2, 0.25) is 0 Å². The Kier molecular flexibility index (Phi) is 5.25. The minimum Gasteiger partial charge on any atom is -0.465 e. The molecule has 4 nitrogen and oxygen atoms in total. The van der Waals surface area contributed by atoms with E-state index in [0.29, 0.717) is 5.56 Å². The summed E-state index contributed by atoms with van der Waals surface area (Å²) in [5.74, 6) is -0.269. The fourth-order valence-corrected chi connectivity index (χ4v) is 1.94. The number of methoxy groups -OCH3 is 1. The van der Waals surface area contributed by atoms with E-state index in [1.54, 1.807) is 0 Å². The highest BCUT2D eigenvalue weighted by atomic mass is 35.5. The number of piperazine rings is 1. The first-order valence-corrected chi connectivity index (χ1v) is 5.46. The summed E-state index contributed by atoms with van der Waals surface area (Å²) in [6.45, 7) is 3.76. The van der Waals surface area contributed by atoms with Gasteiger partial charge in [-0.1, -0.05) is 12.1 Å². The molecule has 1 heterocycles. The standard InChI is InChI=1S/C12H16N2O2.ClH/c1-16-12(15)10-4-2-3-5-11(10)14-8-6-13-7-9-14;/h2-5,13H,6-9H2,1H3;1H. The summed E-state index contributed by atoms with van der Waals surface area (Å²) >= 11 is 0. The summed E-state index contributed by atoms with van der Waals surface area (Å²) in [4.78, 5) is 13.8. The molecule has 94 valence electrons. The quantitative estimate of drug-likeness (QED) is 0.810. The zero-order valence-electron chi connectivity index (χ0n) is 9.81. The lowest BCUT2D eigenvalue weighted by Gasteiger charge is -2.30. The molecule has 0 atom stereocenters. The third-order valence-electron chi connectivity index (χ3n) is 2.77. The van der Waals surface area contributed by atoms with Crippen LogP contribution in [-0.2, 0) is 4.74 Å². The van der Waals surface area contributed by atoms with E-state index in [1.165, 1.54) is 7.11 Å². The number of hydrogen-bond donors (Lipinski definition) is 1. The van der Waals surface area contributed by atoms with Crippen molar-refractivity contribution in [3.05, 3.63) is 29.8 Å². The Bertz CT molecular complexity index is 379. The number of carbonyl (C=O) groups excluding carboxylic acids is 1. The van der Waals surface area contributed by atoms with Gasteiger partial charge in [-0.3, -0.25) is 0 Å². The van der Waals surface area contributed by atoms with Crippen LogP contribution in [0.15, 0.2) is 24.3 Å². The smallest absolute Gasteiger partial charge is 0.339 e. The van der Waals surface area contributed by atoms with Gasteiger partial charge in [0.1, 0.15) is 0 Å². The number of esters is 1. The van der Waals surface area contributed by atoms with Crippen molar-refractivity contribution in [2.45, 2.75) is 0 Å². The second kappa shape index (κ2) is 6.47. The van der Waals surface area contributed by atoms with E-state index >= 15 is 0 Å². The van der Waals surface area contributed by atoms with E-state index in [0.717, 1.165) is 31.9 Å². The van der Waals surface area contributed by atoms with Crippen molar-refractivity contribution in [1.82, 2.24) is 5.32 Å². The maximum absolute atomic E-state index is 11.6. The summed E-state index contributed by atoms with van der Waals surface area (Å²) in [6.07, 6.45) is 0. The molecule has 5 heteroatoms. The number of anilines is 1. The molecule has 0 saturated carbocycles. The maximum atomic E-state index is 11.6. The Labute approximate surface area is 107 Å². The molecule has 1 aliphatic heterocycles. The first kappa shape index (κ1) is 13.8. The number of para-hydroxylation sites is 1. The van der Waals surface area contributed by atoms with Crippen LogP contribution in [0.2, 0.25) is 0 Å². The molecule has 1 saturated heterocycles. The first-order valence-electron chi connectivity index (χ1n) is 5.46. The highest BCUT2D eigenvalue weighted by Crippen LogP contribution is 2.21. The van der Waals surface area contributed by atoms with Crippen LogP contribution >= 0.6 is 12.4 Å². The Morgan fingerprint density at radius 2 is 1.94 bits per heavy atom. The van der Waals surface area contributed by atoms with E-state index in [1.807, 2.05) is 24.3 Å². The van der Waals surface area contributed by atoms with E-state index in [2.05, 4.69) is 10.2 Å². The van der Waals surface area contributed by atoms with Gasteiger partial charge >= 0.3 is 5.97 Å². The van der Waals surface area contributed by atoms with Gasteiger partial charge in [0.25, 0.3) is 0 Å². The van der Waals surface area contributed by atoms with Gasteiger partial charge in [-0.05, 0) is 12.1 Å². The van der Waals surface area contributed by atoms with Gasteiger partial charge < -0.3 is 15.0 Å². The molecule has 0 unspecified atom stereocenters. The van der Waals surface area contributed by atoms with E-state index < -0.39 is 0 Å². The van der Waals surface area contributed by atoms with Crippen LogP contribution in [0.5, 0.6) is 0 Å². The summed E-state index contributed by atoms with van der Waals surface area (Å²) < 4.78 is 4.79. The van der Waals surface area contributed by atoms with E-state index in [-0.39, 0.29) is 18.4 Å². The van der Waals surface area contributed by atoms with Gasteiger partial charge in [0.05, 0.1) is 18.4 Å². The molecule has 1 aromatic carbocycles. The summed E-state index contributed by atoms with van der Waals surface area (Å²) in [6, 6.07) is 7.59. The van der Waals surface area contributed by atoms with Crippen molar-refractivity contribution in [2.75, 3.05) is 38.2 Å². The minimum atomic E-state index is -0.269. The number of carbonyl (C=O) groups is 1. The molecule has 0 amide bonds. The molecule has 1 aliphatic rings. The number of ether oxygens (including phenoxy) is 1. The molecule has 0 aromatic heterocycles. The van der Waals surface area contributed by atoms with Crippen molar-refractivity contribution >= 4 is 24.1 Å².